The maximum Gasteiger partial charge on any atom is 0.0518 e. The monoisotopic (exact) mass is 304 g/mol. The van der Waals surface area contributed by atoms with Crippen LogP contribution in [0.4, 0.5) is 0 Å². The van der Waals surface area contributed by atoms with Crippen molar-refractivity contribution < 1.29 is 5.11 Å². The summed E-state index contributed by atoms with van der Waals surface area (Å²) in [6, 6.07) is 11.8. The average molecular weight is 304 g/mol. The molecule has 0 spiro atoms. The van der Waals surface area contributed by atoms with Crippen molar-refractivity contribution in [3.8, 4) is 0 Å². The Kier molecular flexibility index (Phi) is 6.42. The highest BCUT2D eigenvalue weighted by atomic mass is 16.3. The van der Waals surface area contributed by atoms with Gasteiger partial charge < -0.3 is 15.3 Å². The lowest BCUT2D eigenvalue weighted by Crippen LogP contribution is -2.51. The van der Waals surface area contributed by atoms with Crippen LogP contribution in [0.2, 0.25) is 0 Å². The fourth-order valence-corrected chi connectivity index (χ4v) is 3.59. The fraction of sp³-hybridized carbons (Fsp3) is 0.684. The van der Waals surface area contributed by atoms with Gasteiger partial charge in [0.1, 0.15) is 0 Å². The standard InChI is InChI=1S/C19H32N2O/c1-14-13-21(4)15(2)10-19(14)20-12-18(11-16(3)22)17-8-6-5-7-9-17/h5-9,14-16,18-20,22H,10-13H2,1-4H3. The Bertz CT molecular complexity index is 434. The molecule has 3 heteroatoms. The molecule has 1 heterocycles. The van der Waals surface area contributed by atoms with Crippen molar-refractivity contribution in [1.82, 2.24) is 10.2 Å². The molecule has 124 valence electrons. The Morgan fingerprint density at radius 3 is 2.59 bits per heavy atom. The molecule has 3 nitrogen and oxygen atoms in total. The van der Waals surface area contributed by atoms with Crippen LogP contribution >= 0.6 is 0 Å². The number of piperidine rings is 1. The molecule has 2 rings (SSSR count). The second-order valence-corrected chi connectivity index (χ2v) is 7.21. The molecule has 5 unspecified atom stereocenters. The molecule has 22 heavy (non-hydrogen) atoms. The Labute approximate surface area is 135 Å². The molecule has 1 aliphatic heterocycles. The lowest BCUT2D eigenvalue weighted by Gasteiger charge is -2.40. The highest BCUT2D eigenvalue weighted by Gasteiger charge is 2.29. The largest absolute Gasteiger partial charge is 0.393 e. The third-order valence-electron chi connectivity index (χ3n) is 5.13. The van der Waals surface area contributed by atoms with Crippen LogP contribution in [0, 0.1) is 5.92 Å². The summed E-state index contributed by atoms with van der Waals surface area (Å²) in [5, 5.41) is 13.6. The number of nitrogens with one attached hydrogen (secondary N) is 1. The van der Waals surface area contributed by atoms with Gasteiger partial charge in [-0.2, -0.15) is 0 Å². The number of nitrogens with zero attached hydrogens (tertiary/aromatic N) is 1. The van der Waals surface area contributed by atoms with Crippen molar-refractivity contribution in [2.24, 2.45) is 5.92 Å². The van der Waals surface area contributed by atoms with Crippen LogP contribution in [0.5, 0.6) is 0 Å². The van der Waals surface area contributed by atoms with Gasteiger partial charge in [0, 0.05) is 25.2 Å². The molecule has 2 N–H and O–H groups in total. The van der Waals surface area contributed by atoms with E-state index in [0.29, 0.717) is 23.9 Å². The van der Waals surface area contributed by atoms with Crippen LogP contribution in [0.1, 0.15) is 45.1 Å². The maximum absolute atomic E-state index is 9.82. The molecule has 0 aliphatic carbocycles. The second kappa shape index (κ2) is 8.09. The lowest BCUT2D eigenvalue weighted by atomic mass is 9.88. The number of aliphatic hydroxyl groups excluding tert-OH is 1. The summed E-state index contributed by atoms with van der Waals surface area (Å²) >= 11 is 0. The number of hydrogen-bond acceptors (Lipinski definition) is 3. The summed E-state index contributed by atoms with van der Waals surface area (Å²) in [5.74, 6) is 1.05. The van der Waals surface area contributed by atoms with Crippen molar-refractivity contribution in [3.05, 3.63) is 35.9 Å². The maximum atomic E-state index is 9.82. The zero-order valence-electron chi connectivity index (χ0n) is 14.5. The van der Waals surface area contributed by atoms with Gasteiger partial charge in [-0.15, -0.1) is 0 Å². The third kappa shape index (κ3) is 4.80. The van der Waals surface area contributed by atoms with Gasteiger partial charge in [-0.3, -0.25) is 0 Å². The Morgan fingerprint density at radius 1 is 1.27 bits per heavy atom. The number of rotatable bonds is 6. The molecule has 0 saturated carbocycles. The molecule has 0 bridgehead atoms. The van der Waals surface area contributed by atoms with Crippen LogP contribution in [-0.4, -0.2) is 48.3 Å². The minimum Gasteiger partial charge on any atom is -0.393 e. The molecule has 1 fully saturated rings. The van der Waals surface area contributed by atoms with Crippen molar-refractivity contribution >= 4 is 0 Å². The molecule has 0 amide bonds. The van der Waals surface area contributed by atoms with E-state index in [2.05, 4.69) is 61.4 Å². The smallest absolute Gasteiger partial charge is 0.0518 e. The highest BCUT2D eigenvalue weighted by molar-refractivity contribution is 5.20. The van der Waals surface area contributed by atoms with E-state index in [4.69, 9.17) is 0 Å². The zero-order chi connectivity index (χ0) is 16.1. The van der Waals surface area contributed by atoms with Crippen molar-refractivity contribution in [3.63, 3.8) is 0 Å². The predicted octanol–water partition coefficient (Wildman–Crippen LogP) is 2.86. The molecule has 1 aromatic carbocycles. The van der Waals surface area contributed by atoms with E-state index in [0.717, 1.165) is 19.5 Å². The van der Waals surface area contributed by atoms with Gasteiger partial charge in [0.15, 0.2) is 0 Å². The minimum absolute atomic E-state index is 0.263. The van der Waals surface area contributed by atoms with E-state index in [1.54, 1.807) is 0 Å². The van der Waals surface area contributed by atoms with Gasteiger partial charge in [-0.05, 0) is 51.1 Å². The average Bonchev–Trinajstić information content (AvgIpc) is 2.48. The van der Waals surface area contributed by atoms with Gasteiger partial charge in [-0.1, -0.05) is 37.3 Å². The van der Waals surface area contributed by atoms with E-state index >= 15 is 0 Å². The normalized spacial score (nSPS) is 29.2. The van der Waals surface area contributed by atoms with E-state index in [9.17, 15) is 5.11 Å². The third-order valence-corrected chi connectivity index (χ3v) is 5.13. The van der Waals surface area contributed by atoms with Crippen molar-refractivity contribution in [2.75, 3.05) is 20.1 Å². The van der Waals surface area contributed by atoms with Gasteiger partial charge in [0.05, 0.1) is 6.10 Å². The van der Waals surface area contributed by atoms with E-state index in [-0.39, 0.29) is 6.10 Å². The first-order chi connectivity index (χ1) is 10.5. The van der Waals surface area contributed by atoms with Gasteiger partial charge >= 0.3 is 0 Å². The Morgan fingerprint density at radius 2 is 1.95 bits per heavy atom. The Hall–Kier alpha value is -0.900. The summed E-state index contributed by atoms with van der Waals surface area (Å²) in [4.78, 5) is 2.45. The van der Waals surface area contributed by atoms with Gasteiger partial charge in [-0.25, -0.2) is 0 Å². The first-order valence-corrected chi connectivity index (χ1v) is 8.64. The number of likely N-dealkylation sites (tertiary alicyclic amines) is 1. The van der Waals surface area contributed by atoms with Crippen LogP contribution in [-0.2, 0) is 0 Å². The van der Waals surface area contributed by atoms with Crippen molar-refractivity contribution in [1.29, 1.82) is 0 Å². The summed E-state index contributed by atoms with van der Waals surface area (Å²) in [6.45, 7) is 8.64. The van der Waals surface area contributed by atoms with E-state index in [1.807, 2.05) is 6.92 Å². The van der Waals surface area contributed by atoms with Crippen LogP contribution in [0.15, 0.2) is 30.3 Å². The Balaban J connectivity index is 1.96. The van der Waals surface area contributed by atoms with Gasteiger partial charge in [0.2, 0.25) is 0 Å². The van der Waals surface area contributed by atoms with Crippen molar-refractivity contribution in [2.45, 2.75) is 57.7 Å². The van der Waals surface area contributed by atoms with Crippen LogP contribution < -0.4 is 5.32 Å². The van der Waals surface area contributed by atoms with Crippen LogP contribution in [0.3, 0.4) is 0 Å². The molecule has 1 aromatic rings. The van der Waals surface area contributed by atoms with Gasteiger partial charge in [0.25, 0.3) is 0 Å². The minimum atomic E-state index is -0.263. The predicted molar refractivity (Wildman–Crippen MR) is 93.1 cm³/mol. The molecule has 0 radical (unpaired) electrons. The molecule has 0 aromatic heterocycles. The second-order valence-electron chi connectivity index (χ2n) is 7.21. The zero-order valence-corrected chi connectivity index (χ0v) is 14.5. The molecule has 5 atom stereocenters. The molecular formula is C19H32N2O. The first-order valence-electron chi connectivity index (χ1n) is 8.64. The highest BCUT2D eigenvalue weighted by Crippen LogP contribution is 2.24. The first kappa shape index (κ1) is 17.5. The summed E-state index contributed by atoms with van der Waals surface area (Å²) < 4.78 is 0. The SMILES string of the molecule is CC(O)CC(CNC1CC(C)N(C)CC1C)c1ccccc1. The van der Waals surface area contributed by atoms with E-state index in [1.165, 1.54) is 12.0 Å². The summed E-state index contributed by atoms with van der Waals surface area (Å²) in [6.07, 6.45) is 1.75. The molecular weight excluding hydrogens is 272 g/mol. The number of hydrogen-bond donors (Lipinski definition) is 2. The lowest BCUT2D eigenvalue weighted by molar-refractivity contribution is 0.118. The quantitative estimate of drug-likeness (QED) is 0.848. The number of benzene rings is 1. The van der Waals surface area contributed by atoms with Crippen LogP contribution in [0.25, 0.3) is 0 Å². The topological polar surface area (TPSA) is 35.5 Å². The fourth-order valence-electron chi connectivity index (χ4n) is 3.59. The molecule has 1 saturated heterocycles. The summed E-state index contributed by atoms with van der Waals surface area (Å²) in [5.41, 5.74) is 1.32. The van der Waals surface area contributed by atoms with E-state index < -0.39 is 0 Å². The number of aliphatic hydroxyl groups is 1. The molecule has 1 aliphatic rings. The summed E-state index contributed by atoms with van der Waals surface area (Å²) in [7, 11) is 2.22.